The zero-order valence-electron chi connectivity index (χ0n) is 9.82. The molecule has 0 aromatic carbocycles. The van der Waals surface area contributed by atoms with Gasteiger partial charge in [-0.05, 0) is 11.8 Å². The van der Waals surface area contributed by atoms with Crippen molar-refractivity contribution in [3.8, 4) is 0 Å². The van der Waals surface area contributed by atoms with Crippen LogP contribution in [0.2, 0.25) is 0 Å². The van der Waals surface area contributed by atoms with E-state index >= 15 is 0 Å². The maximum absolute atomic E-state index is 11.3. The van der Waals surface area contributed by atoms with Gasteiger partial charge in [0.2, 0.25) is 5.91 Å². The van der Waals surface area contributed by atoms with E-state index in [1.165, 1.54) is 0 Å². The average Bonchev–Trinajstić information content (AvgIpc) is 2.14. The molecule has 0 aromatic heterocycles. The van der Waals surface area contributed by atoms with Crippen LogP contribution in [0.3, 0.4) is 0 Å². The summed E-state index contributed by atoms with van der Waals surface area (Å²) in [5, 5.41) is 11.5. The molecule has 0 fully saturated rings. The molecular weight excluding hydrogens is 271 g/mol. The van der Waals surface area contributed by atoms with Gasteiger partial charge in [0.05, 0.1) is 0 Å². The molecule has 0 aromatic rings. The number of ether oxygens (including phenoxy) is 1. The first-order chi connectivity index (χ1) is 6.60. The molecule has 0 saturated carbocycles. The van der Waals surface area contributed by atoms with E-state index in [0.29, 0.717) is 19.6 Å². The number of carbonyl (C=O) groups excluding carboxylic acids is 1. The van der Waals surface area contributed by atoms with Gasteiger partial charge < -0.3 is 15.2 Å². The van der Waals surface area contributed by atoms with Crippen LogP contribution < -0.4 is 5.32 Å². The number of hydrogen-bond acceptors (Lipinski definition) is 3. The monoisotopic (exact) mass is 292 g/mol. The molecule has 2 atom stereocenters. The Labute approximate surface area is 117 Å². The van der Waals surface area contributed by atoms with Gasteiger partial charge in [0.15, 0.2) is 0 Å². The Morgan fingerprint density at radius 1 is 1.40 bits per heavy atom. The van der Waals surface area contributed by atoms with E-state index in [-0.39, 0.29) is 57.1 Å². The van der Waals surface area contributed by atoms with Gasteiger partial charge in [0, 0.05) is 66.0 Å². The number of nitrogens with one attached hydrogen (secondary N) is 1. The van der Waals surface area contributed by atoms with Crippen LogP contribution in [0.15, 0.2) is 0 Å². The van der Waals surface area contributed by atoms with Crippen LogP contribution in [-0.4, -0.2) is 37.9 Å². The minimum Gasteiger partial charge on any atom is -0.396 e. The molecule has 0 spiro atoms. The zero-order chi connectivity index (χ0) is 11.0. The maximum Gasteiger partial charge on any atom is 0.220 e. The number of aliphatic hydroxyl groups is 1. The second kappa shape index (κ2) is 11.0. The van der Waals surface area contributed by atoms with E-state index in [2.05, 4.69) is 5.32 Å². The number of amides is 1. The molecule has 2 N–H and O–H groups in total. The summed E-state index contributed by atoms with van der Waals surface area (Å²) in [7, 11) is 1.63. The SMILES string of the molecule is COCC(C)CC(=O)NCC(C)CO.[Y]. The van der Waals surface area contributed by atoms with Gasteiger partial charge in [-0.25, -0.2) is 0 Å². The minimum atomic E-state index is 0. The van der Waals surface area contributed by atoms with Crippen molar-refractivity contribution in [2.75, 3.05) is 26.9 Å². The van der Waals surface area contributed by atoms with Gasteiger partial charge in [-0.3, -0.25) is 4.79 Å². The topological polar surface area (TPSA) is 58.6 Å². The summed E-state index contributed by atoms with van der Waals surface area (Å²) < 4.78 is 4.93. The van der Waals surface area contributed by atoms with Gasteiger partial charge in [-0.1, -0.05) is 13.8 Å². The number of rotatable bonds is 7. The smallest absolute Gasteiger partial charge is 0.220 e. The molecule has 0 aliphatic heterocycles. The third kappa shape index (κ3) is 10.8. The van der Waals surface area contributed by atoms with Gasteiger partial charge >= 0.3 is 0 Å². The Morgan fingerprint density at radius 3 is 2.47 bits per heavy atom. The average molecular weight is 292 g/mol. The molecule has 0 aliphatic rings. The van der Waals surface area contributed by atoms with Crippen LogP contribution >= 0.6 is 0 Å². The standard InChI is InChI=1S/C10H21NO3.Y/c1-8(7-14-3)4-10(13)11-5-9(2)6-12;/h8-9,12H,4-7H2,1-3H3,(H,11,13);. The molecule has 5 heteroatoms. The maximum atomic E-state index is 11.3. The summed E-state index contributed by atoms with van der Waals surface area (Å²) in [4.78, 5) is 11.3. The zero-order valence-corrected chi connectivity index (χ0v) is 12.7. The van der Waals surface area contributed by atoms with E-state index in [4.69, 9.17) is 9.84 Å². The Kier molecular flexibility index (Phi) is 13.1. The van der Waals surface area contributed by atoms with E-state index in [1.54, 1.807) is 7.11 Å². The van der Waals surface area contributed by atoms with E-state index < -0.39 is 0 Å². The molecule has 1 amide bonds. The van der Waals surface area contributed by atoms with Crippen LogP contribution in [0.25, 0.3) is 0 Å². The van der Waals surface area contributed by atoms with Crippen LogP contribution in [0.5, 0.6) is 0 Å². The quantitative estimate of drug-likeness (QED) is 0.714. The number of methoxy groups -OCH3 is 1. The Balaban J connectivity index is 0. The third-order valence-electron chi connectivity index (χ3n) is 1.94. The van der Waals surface area contributed by atoms with Gasteiger partial charge in [-0.15, -0.1) is 0 Å². The molecule has 87 valence electrons. The van der Waals surface area contributed by atoms with Crippen molar-refractivity contribution in [2.24, 2.45) is 11.8 Å². The second-order valence-electron chi connectivity index (χ2n) is 3.86. The largest absolute Gasteiger partial charge is 0.396 e. The summed E-state index contributed by atoms with van der Waals surface area (Å²) >= 11 is 0. The number of hydrogen-bond donors (Lipinski definition) is 2. The molecule has 0 bridgehead atoms. The second-order valence-corrected chi connectivity index (χ2v) is 3.86. The van der Waals surface area contributed by atoms with Crippen molar-refractivity contribution >= 4 is 5.91 Å². The van der Waals surface area contributed by atoms with Crippen molar-refractivity contribution in [1.82, 2.24) is 5.32 Å². The molecule has 15 heavy (non-hydrogen) atoms. The van der Waals surface area contributed by atoms with E-state index in [9.17, 15) is 4.79 Å². The van der Waals surface area contributed by atoms with Crippen molar-refractivity contribution in [3.05, 3.63) is 0 Å². The number of carbonyl (C=O) groups is 1. The van der Waals surface area contributed by atoms with Gasteiger partial charge in [0.25, 0.3) is 0 Å². The first-order valence-corrected chi connectivity index (χ1v) is 4.96. The van der Waals surface area contributed by atoms with Crippen molar-refractivity contribution < 1.29 is 47.3 Å². The molecular formula is C10H21NO3Y. The van der Waals surface area contributed by atoms with Crippen LogP contribution in [0, 0.1) is 11.8 Å². The van der Waals surface area contributed by atoms with Crippen molar-refractivity contribution in [3.63, 3.8) is 0 Å². The molecule has 0 heterocycles. The fourth-order valence-corrected chi connectivity index (χ4v) is 1.08. The molecule has 0 aliphatic carbocycles. The van der Waals surface area contributed by atoms with Crippen LogP contribution in [-0.2, 0) is 42.2 Å². The minimum absolute atomic E-state index is 0. The number of aliphatic hydroxyl groups excluding tert-OH is 1. The Bertz CT molecular complexity index is 167. The predicted molar refractivity (Wildman–Crippen MR) is 54.9 cm³/mol. The Hall–Kier alpha value is 0.494. The summed E-state index contributed by atoms with van der Waals surface area (Å²) in [6.07, 6.45) is 0.478. The Morgan fingerprint density at radius 2 is 2.00 bits per heavy atom. The fourth-order valence-electron chi connectivity index (χ4n) is 1.08. The summed E-state index contributed by atoms with van der Waals surface area (Å²) in [5.41, 5.74) is 0. The van der Waals surface area contributed by atoms with Crippen molar-refractivity contribution in [2.45, 2.75) is 20.3 Å². The third-order valence-corrected chi connectivity index (χ3v) is 1.94. The van der Waals surface area contributed by atoms with E-state index in [0.717, 1.165) is 0 Å². The van der Waals surface area contributed by atoms with Crippen LogP contribution in [0.1, 0.15) is 20.3 Å². The fraction of sp³-hybridized carbons (Fsp3) is 0.900. The summed E-state index contributed by atoms with van der Waals surface area (Å²) in [5.74, 6) is 0.385. The van der Waals surface area contributed by atoms with Gasteiger partial charge in [-0.2, -0.15) is 0 Å². The first-order valence-electron chi connectivity index (χ1n) is 4.96. The molecule has 0 saturated heterocycles. The predicted octanol–water partition coefficient (Wildman–Crippen LogP) is 0.401. The van der Waals surface area contributed by atoms with Crippen molar-refractivity contribution in [1.29, 1.82) is 0 Å². The first kappa shape index (κ1) is 17.9. The van der Waals surface area contributed by atoms with Gasteiger partial charge in [0.1, 0.15) is 0 Å². The molecule has 2 unspecified atom stereocenters. The molecule has 0 rings (SSSR count). The van der Waals surface area contributed by atoms with Crippen LogP contribution in [0.4, 0.5) is 0 Å². The normalized spacial score (nSPS) is 13.9. The molecule has 4 nitrogen and oxygen atoms in total. The summed E-state index contributed by atoms with van der Waals surface area (Å²) in [6.45, 7) is 5.10. The summed E-state index contributed by atoms with van der Waals surface area (Å²) in [6, 6.07) is 0. The van der Waals surface area contributed by atoms with E-state index in [1.807, 2.05) is 13.8 Å². The molecule has 1 radical (unpaired) electrons.